The molecule has 0 spiro atoms. The molecule has 2 unspecified atom stereocenters. The fourth-order valence-corrected chi connectivity index (χ4v) is 4.08. The maximum Gasteiger partial charge on any atom is 0.123 e. The molecule has 1 fully saturated rings. The minimum absolute atomic E-state index is 0.117. The molecule has 1 aromatic carbocycles. The lowest BCUT2D eigenvalue weighted by atomic mass is 9.97. The zero-order valence-corrected chi connectivity index (χ0v) is 12.7. The molecular weight excluding hydrogens is 257 g/mol. The summed E-state index contributed by atoms with van der Waals surface area (Å²) >= 11 is 2.07. The van der Waals surface area contributed by atoms with Gasteiger partial charge in [0.25, 0.3) is 0 Å². The van der Waals surface area contributed by atoms with Crippen LogP contribution in [-0.4, -0.2) is 23.6 Å². The zero-order chi connectivity index (χ0) is 13.7. The molecule has 2 atom stereocenters. The monoisotopic (exact) mass is 281 g/mol. The molecule has 1 nitrogen and oxygen atoms in total. The Morgan fingerprint density at radius 1 is 1.47 bits per heavy atom. The molecule has 0 aromatic heterocycles. The average Bonchev–Trinajstić information content (AvgIpc) is 2.92. The van der Waals surface area contributed by atoms with Crippen molar-refractivity contribution < 1.29 is 4.39 Å². The van der Waals surface area contributed by atoms with E-state index < -0.39 is 0 Å². The second-order valence-corrected chi connectivity index (χ2v) is 6.73. The fourth-order valence-electron chi connectivity index (χ4n) is 2.68. The first kappa shape index (κ1) is 14.9. The highest BCUT2D eigenvalue weighted by atomic mass is 32.2. The molecule has 3 heteroatoms. The van der Waals surface area contributed by atoms with Gasteiger partial charge in [-0.25, -0.2) is 4.39 Å². The highest BCUT2D eigenvalue weighted by molar-refractivity contribution is 8.00. The van der Waals surface area contributed by atoms with Gasteiger partial charge in [-0.1, -0.05) is 13.0 Å². The number of halogens is 1. The summed E-state index contributed by atoms with van der Waals surface area (Å²) in [5.74, 6) is 1.16. The third kappa shape index (κ3) is 4.22. The van der Waals surface area contributed by atoms with E-state index in [9.17, 15) is 4.39 Å². The lowest BCUT2D eigenvalue weighted by Gasteiger charge is -2.25. The SMILES string of the molecule is CCCNC(Cc1cc(F)ccc1C)C1CCCS1. The molecular formula is C16H24FNS. The Bertz CT molecular complexity index is 402. The summed E-state index contributed by atoms with van der Waals surface area (Å²) in [6.07, 6.45) is 4.71. The van der Waals surface area contributed by atoms with Gasteiger partial charge in [-0.05, 0) is 68.2 Å². The summed E-state index contributed by atoms with van der Waals surface area (Å²) in [6, 6.07) is 5.63. The van der Waals surface area contributed by atoms with Crippen molar-refractivity contribution in [3.63, 3.8) is 0 Å². The molecule has 0 bridgehead atoms. The molecule has 0 radical (unpaired) electrons. The van der Waals surface area contributed by atoms with Crippen LogP contribution in [0.25, 0.3) is 0 Å². The van der Waals surface area contributed by atoms with E-state index in [1.54, 1.807) is 12.1 Å². The number of nitrogens with one attached hydrogen (secondary N) is 1. The van der Waals surface area contributed by atoms with Crippen molar-refractivity contribution in [2.75, 3.05) is 12.3 Å². The highest BCUT2D eigenvalue weighted by Crippen LogP contribution is 2.30. The summed E-state index contributed by atoms with van der Waals surface area (Å²) < 4.78 is 13.4. The van der Waals surface area contributed by atoms with Crippen molar-refractivity contribution in [3.05, 3.63) is 35.1 Å². The van der Waals surface area contributed by atoms with E-state index in [0.29, 0.717) is 11.3 Å². The van der Waals surface area contributed by atoms with Gasteiger partial charge in [-0.15, -0.1) is 0 Å². The van der Waals surface area contributed by atoms with E-state index in [1.165, 1.54) is 24.2 Å². The first-order valence-electron chi connectivity index (χ1n) is 7.30. The Morgan fingerprint density at radius 3 is 3.00 bits per heavy atom. The van der Waals surface area contributed by atoms with Gasteiger partial charge in [-0.3, -0.25) is 0 Å². The van der Waals surface area contributed by atoms with Gasteiger partial charge in [0.05, 0.1) is 0 Å². The summed E-state index contributed by atoms with van der Waals surface area (Å²) in [6.45, 7) is 5.32. The van der Waals surface area contributed by atoms with Crippen LogP contribution in [0.15, 0.2) is 18.2 Å². The van der Waals surface area contributed by atoms with Crippen LogP contribution < -0.4 is 5.32 Å². The van der Waals surface area contributed by atoms with Gasteiger partial charge < -0.3 is 5.32 Å². The first-order chi connectivity index (χ1) is 9.20. The standard InChI is InChI=1S/C16H24FNS/c1-3-8-18-15(16-5-4-9-19-16)11-13-10-14(17)7-6-12(13)2/h6-7,10,15-16,18H,3-5,8-9,11H2,1-2H3. The number of thioether (sulfide) groups is 1. The molecule has 1 saturated heterocycles. The first-order valence-corrected chi connectivity index (χ1v) is 8.35. The molecule has 1 aromatic rings. The Labute approximate surface area is 120 Å². The maximum absolute atomic E-state index is 13.4. The number of rotatable bonds is 6. The van der Waals surface area contributed by atoms with Crippen LogP contribution in [-0.2, 0) is 6.42 Å². The van der Waals surface area contributed by atoms with Crippen LogP contribution in [0.3, 0.4) is 0 Å². The Balaban J connectivity index is 2.07. The van der Waals surface area contributed by atoms with Crippen molar-refractivity contribution in [2.24, 2.45) is 0 Å². The van der Waals surface area contributed by atoms with Crippen LogP contribution in [0.5, 0.6) is 0 Å². The quantitative estimate of drug-likeness (QED) is 0.847. The van der Waals surface area contributed by atoms with E-state index in [-0.39, 0.29) is 5.82 Å². The van der Waals surface area contributed by atoms with Crippen LogP contribution in [0.1, 0.15) is 37.3 Å². The van der Waals surface area contributed by atoms with E-state index in [2.05, 4.69) is 30.9 Å². The average molecular weight is 281 g/mol. The second kappa shape index (κ2) is 7.30. The van der Waals surface area contributed by atoms with Gasteiger partial charge in [0, 0.05) is 11.3 Å². The summed E-state index contributed by atoms with van der Waals surface area (Å²) in [4.78, 5) is 0. The Kier molecular flexibility index (Phi) is 5.71. The van der Waals surface area contributed by atoms with Crippen molar-refractivity contribution in [2.45, 2.75) is 50.8 Å². The Morgan fingerprint density at radius 2 is 2.32 bits per heavy atom. The molecule has 2 rings (SSSR count). The van der Waals surface area contributed by atoms with E-state index in [0.717, 1.165) is 24.9 Å². The van der Waals surface area contributed by atoms with E-state index in [1.807, 2.05) is 6.07 Å². The van der Waals surface area contributed by atoms with E-state index >= 15 is 0 Å². The summed E-state index contributed by atoms with van der Waals surface area (Å²) in [5.41, 5.74) is 2.36. The van der Waals surface area contributed by atoms with Crippen LogP contribution >= 0.6 is 11.8 Å². The highest BCUT2D eigenvalue weighted by Gasteiger charge is 2.25. The predicted octanol–water partition coefficient (Wildman–Crippen LogP) is 3.94. The smallest absolute Gasteiger partial charge is 0.123 e. The lowest BCUT2D eigenvalue weighted by Crippen LogP contribution is -2.39. The minimum atomic E-state index is -0.117. The third-order valence-corrected chi connectivity index (χ3v) is 5.34. The molecule has 19 heavy (non-hydrogen) atoms. The molecule has 1 heterocycles. The number of hydrogen-bond acceptors (Lipinski definition) is 2. The van der Waals surface area contributed by atoms with Crippen LogP contribution in [0.2, 0.25) is 0 Å². The van der Waals surface area contributed by atoms with Gasteiger partial charge >= 0.3 is 0 Å². The summed E-state index contributed by atoms with van der Waals surface area (Å²) in [5, 5.41) is 4.35. The largest absolute Gasteiger partial charge is 0.313 e. The van der Waals surface area contributed by atoms with Crippen molar-refractivity contribution >= 4 is 11.8 Å². The molecule has 1 N–H and O–H groups in total. The Hall–Kier alpha value is -0.540. The van der Waals surface area contributed by atoms with Crippen LogP contribution in [0, 0.1) is 12.7 Å². The summed E-state index contributed by atoms with van der Waals surface area (Å²) in [7, 11) is 0. The molecule has 1 aliphatic heterocycles. The van der Waals surface area contributed by atoms with Gasteiger partial charge in [-0.2, -0.15) is 11.8 Å². The normalized spacial score (nSPS) is 20.7. The molecule has 0 amide bonds. The van der Waals surface area contributed by atoms with E-state index in [4.69, 9.17) is 0 Å². The lowest BCUT2D eigenvalue weighted by molar-refractivity contribution is 0.480. The molecule has 106 valence electrons. The molecule has 0 aliphatic carbocycles. The zero-order valence-electron chi connectivity index (χ0n) is 11.9. The van der Waals surface area contributed by atoms with Crippen molar-refractivity contribution in [1.29, 1.82) is 0 Å². The third-order valence-electron chi connectivity index (χ3n) is 3.82. The van der Waals surface area contributed by atoms with Gasteiger partial charge in [0.2, 0.25) is 0 Å². The van der Waals surface area contributed by atoms with Crippen molar-refractivity contribution in [3.8, 4) is 0 Å². The van der Waals surface area contributed by atoms with Gasteiger partial charge in [0.1, 0.15) is 5.82 Å². The number of aryl methyl sites for hydroxylation is 1. The molecule has 0 saturated carbocycles. The second-order valence-electron chi connectivity index (χ2n) is 5.39. The number of hydrogen-bond donors (Lipinski definition) is 1. The van der Waals surface area contributed by atoms with Crippen LogP contribution in [0.4, 0.5) is 4.39 Å². The molecule has 1 aliphatic rings. The fraction of sp³-hybridized carbons (Fsp3) is 0.625. The van der Waals surface area contributed by atoms with Crippen molar-refractivity contribution in [1.82, 2.24) is 5.32 Å². The van der Waals surface area contributed by atoms with Gasteiger partial charge in [0.15, 0.2) is 0 Å². The topological polar surface area (TPSA) is 12.0 Å². The predicted molar refractivity (Wildman–Crippen MR) is 82.4 cm³/mol. The minimum Gasteiger partial charge on any atom is -0.313 e. The maximum atomic E-state index is 13.4. The number of benzene rings is 1.